The van der Waals surface area contributed by atoms with Gasteiger partial charge in [-0.25, -0.2) is 0 Å². The highest BCUT2D eigenvalue weighted by Crippen LogP contribution is 2.32. The van der Waals surface area contributed by atoms with Crippen LogP contribution in [-0.4, -0.2) is 32.1 Å². The highest BCUT2D eigenvalue weighted by atomic mass is 16.7. The van der Waals surface area contributed by atoms with Crippen molar-refractivity contribution in [1.29, 1.82) is 0 Å². The number of para-hydroxylation sites is 1. The summed E-state index contributed by atoms with van der Waals surface area (Å²) in [6.45, 7) is 0.834. The molecule has 0 spiro atoms. The normalized spacial score (nSPS) is 14.9. The molecule has 0 aliphatic carbocycles. The number of hydrogen-bond donors (Lipinski definition) is 0. The van der Waals surface area contributed by atoms with Crippen LogP contribution >= 0.6 is 0 Å². The molecule has 0 N–H and O–H groups in total. The van der Waals surface area contributed by atoms with Crippen molar-refractivity contribution in [2.24, 2.45) is 5.16 Å². The van der Waals surface area contributed by atoms with Gasteiger partial charge in [0, 0.05) is 17.8 Å². The Kier molecular flexibility index (Phi) is 3.78. The molecule has 0 radical (unpaired) electrons. The molecule has 6 heteroatoms. The van der Waals surface area contributed by atoms with Gasteiger partial charge >= 0.3 is 0 Å². The molecule has 2 aromatic rings. The number of hydrogen-bond acceptors (Lipinski definition) is 5. The quantitative estimate of drug-likeness (QED) is 0.640. The maximum absolute atomic E-state index is 12.3. The molecule has 0 aromatic heterocycles. The second-order valence-electron chi connectivity index (χ2n) is 5.54. The lowest BCUT2D eigenvalue weighted by Gasteiger charge is -2.16. The van der Waals surface area contributed by atoms with Crippen molar-refractivity contribution in [3.63, 3.8) is 0 Å². The van der Waals surface area contributed by atoms with Gasteiger partial charge in [-0.1, -0.05) is 23.4 Å². The fraction of sp³-hybridized carbons (Fsp3) is 0.222. The Morgan fingerprint density at radius 1 is 1.21 bits per heavy atom. The van der Waals surface area contributed by atoms with E-state index in [0.29, 0.717) is 12.3 Å². The van der Waals surface area contributed by atoms with E-state index in [1.807, 2.05) is 42.5 Å². The Bertz CT molecular complexity index is 803. The average molecular weight is 324 g/mol. The highest BCUT2D eigenvalue weighted by molar-refractivity contribution is 5.96. The molecule has 0 fully saturated rings. The number of anilines is 1. The van der Waals surface area contributed by atoms with Gasteiger partial charge in [-0.05, 0) is 36.2 Å². The van der Waals surface area contributed by atoms with Gasteiger partial charge in [0.2, 0.25) is 6.79 Å². The van der Waals surface area contributed by atoms with E-state index >= 15 is 0 Å². The summed E-state index contributed by atoms with van der Waals surface area (Å²) in [5, 5.41) is 3.87. The maximum Gasteiger partial charge on any atom is 0.267 e. The van der Waals surface area contributed by atoms with Crippen LogP contribution in [0.2, 0.25) is 0 Å². The third-order valence-electron chi connectivity index (χ3n) is 4.05. The fourth-order valence-electron chi connectivity index (χ4n) is 2.86. The zero-order chi connectivity index (χ0) is 16.4. The molecule has 122 valence electrons. The minimum atomic E-state index is -0.0946. The molecule has 0 bridgehead atoms. The minimum absolute atomic E-state index is 0.0879. The third-order valence-corrected chi connectivity index (χ3v) is 4.05. The number of nitrogens with zero attached hydrogens (tertiary/aromatic N) is 2. The van der Waals surface area contributed by atoms with Crippen molar-refractivity contribution >= 4 is 17.8 Å². The van der Waals surface area contributed by atoms with E-state index in [9.17, 15) is 4.79 Å². The standard InChI is InChI=1S/C18H16N2O4/c21-18(20-8-7-14-3-1-2-4-15(14)20)11-24-19-10-13-5-6-16-17(9-13)23-12-22-16/h1-6,9-10H,7-8,11-12H2. The third kappa shape index (κ3) is 2.78. The van der Waals surface area contributed by atoms with Crippen LogP contribution in [0.1, 0.15) is 11.1 Å². The predicted molar refractivity (Wildman–Crippen MR) is 88.6 cm³/mol. The predicted octanol–water partition coefficient (Wildman–Crippen LogP) is 2.36. The number of rotatable bonds is 4. The van der Waals surface area contributed by atoms with Crippen molar-refractivity contribution in [3.8, 4) is 11.5 Å². The summed E-state index contributed by atoms with van der Waals surface area (Å²) in [4.78, 5) is 19.2. The SMILES string of the molecule is O=C(CON=Cc1ccc2c(c1)OCO2)N1CCc2ccccc21. The maximum atomic E-state index is 12.3. The van der Waals surface area contributed by atoms with Gasteiger partial charge in [0.05, 0.1) is 6.21 Å². The Balaban J connectivity index is 1.33. The molecule has 0 unspecified atom stereocenters. The molecule has 2 aromatic carbocycles. The van der Waals surface area contributed by atoms with Gasteiger partial charge < -0.3 is 19.2 Å². The summed E-state index contributed by atoms with van der Waals surface area (Å²) >= 11 is 0. The van der Waals surface area contributed by atoms with Gasteiger partial charge in [0.25, 0.3) is 5.91 Å². The summed E-state index contributed by atoms with van der Waals surface area (Å²) in [6, 6.07) is 13.4. The zero-order valence-electron chi connectivity index (χ0n) is 13.0. The Labute approximate surface area is 139 Å². The van der Waals surface area contributed by atoms with Crippen LogP contribution in [0.5, 0.6) is 11.5 Å². The van der Waals surface area contributed by atoms with Gasteiger partial charge in [0.15, 0.2) is 18.1 Å². The van der Waals surface area contributed by atoms with Crippen LogP contribution in [0.25, 0.3) is 0 Å². The molecule has 0 saturated carbocycles. The number of ether oxygens (including phenoxy) is 2. The molecule has 2 aliphatic rings. The Morgan fingerprint density at radius 3 is 3.04 bits per heavy atom. The van der Waals surface area contributed by atoms with Crippen molar-refractivity contribution in [2.45, 2.75) is 6.42 Å². The van der Waals surface area contributed by atoms with E-state index in [2.05, 4.69) is 5.16 Å². The lowest BCUT2D eigenvalue weighted by Crippen LogP contribution is -2.31. The van der Waals surface area contributed by atoms with Crippen LogP contribution in [0.3, 0.4) is 0 Å². The van der Waals surface area contributed by atoms with Crippen molar-refractivity contribution < 1.29 is 19.1 Å². The molecule has 1 amide bonds. The first-order valence-electron chi connectivity index (χ1n) is 7.74. The smallest absolute Gasteiger partial charge is 0.267 e. The molecule has 24 heavy (non-hydrogen) atoms. The first-order valence-corrected chi connectivity index (χ1v) is 7.74. The molecular weight excluding hydrogens is 308 g/mol. The van der Waals surface area contributed by atoms with Gasteiger partial charge in [-0.15, -0.1) is 0 Å². The summed E-state index contributed by atoms with van der Waals surface area (Å²) in [5.41, 5.74) is 2.97. The van der Waals surface area contributed by atoms with Gasteiger partial charge in [-0.2, -0.15) is 0 Å². The van der Waals surface area contributed by atoms with Crippen LogP contribution in [0.4, 0.5) is 5.69 Å². The van der Waals surface area contributed by atoms with Crippen molar-refractivity contribution in [2.75, 3.05) is 24.8 Å². The summed E-state index contributed by atoms with van der Waals surface area (Å²) < 4.78 is 10.5. The molecular formula is C18H16N2O4. The van der Waals surface area contributed by atoms with Gasteiger partial charge in [0.1, 0.15) is 0 Å². The Morgan fingerprint density at radius 2 is 2.08 bits per heavy atom. The van der Waals surface area contributed by atoms with Gasteiger partial charge in [-0.3, -0.25) is 4.79 Å². The number of benzene rings is 2. The topological polar surface area (TPSA) is 60.4 Å². The summed E-state index contributed by atoms with van der Waals surface area (Å²) in [6.07, 6.45) is 2.43. The Hall–Kier alpha value is -3.02. The molecule has 0 atom stereocenters. The zero-order valence-corrected chi connectivity index (χ0v) is 13.0. The summed E-state index contributed by atoms with van der Waals surface area (Å²) in [7, 11) is 0. The van der Waals surface area contributed by atoms with Crippen LogP contribution in [-0.2, 0) is 16.1 Å². The molecule has 2 aliphatic heterocycles. The first kappa shape index (κ1) is 14.6. The van der Waals surface area contributed by atoms with Crippen LogP contribution < -0.4 is 14.4 Å². The molecule has 0 saturated heterocycles. The van der Waals surface area contributed by atoms with E-state index in [1.165, 1.54) is 5.56 Å². The van der Waals surface area contributed by atoms with E-state index in [-0.39, 0.29) is 19.3 Å². The monoisotopic (exact) mass is 324 g/mol. The van der Waals surface area contributed by atoms with Crippen LogP contribution in [0, 0.1) is 0 Å². The molecule has 4 rings (SSSR count). The lowest BCUT2D eigenvalue weighted by atomic mass is 10.2. The number of carbonyl (C=O) groups excluding carboxylic acids is 1. The largest absolute Gasteiger partial charge is 0.454 e. The number of amides is 1. The second kappa shape index (κ2) is 6.23. The highest BCUT2D eigenvalue weighted by Gasteiger charge is 2.24. The number of fused-ring (bicyclic) bond motifs is 2. The first-order chi connectivity index (χ1) is 11.8. The second-order valence-corrected chi connectivity index (χ2v) is 5.54. The van der Waals surface area contributed by atoms with E-state index < -0.39 is 0 Å². The summed E-state index contributed by atoms with van der Waals surface area (Å²) in [5.74, 6) is 1.31. The van der Waals surface area contributed by atoms with E-state index in [1.54, 1.807) is 11.1 Å². The van der Waals surface area contributed by atoms with E-state index in [4.69, 9.17) is 14.3 Å². The van der Waals surface area contributed by atoms with Crippen molar-refractivity contribution in [3.05, 3.63) is 53.6 Å². The number of oxime groups is 1. The minimum Gasteiger partial charge on any atom is -0.454 e. The van der Waals surface area contributed by atoms with E-state index in [0.717, 1.165) is 23.4 Å². The number of carbonyl (C=O) groups is 1. The van der Waals surface area contributed by atoms with Crippen molar-refractivity contribution in [1.82, 2.24) is 0 Å². The van der Waals surface area contributed by atoms with Crippen LogP contribution in [0.15, 0.2) is 47.6 Å². The fourth-order valence-corrected chi connectivity index (χ4v) is 2.86. The molecule has 6 nitrogen and oxygen atoms in total. The molecule has 2 heterocycles. The average Bonchev–Trinajstić information content (AvgIpc) is 3.24. The lowest BCUT2D eigenvalue weighted by molar-refractivity contribution is -0.122.